The van der Waals surface area contributed by atoms with Gasteiger partial charge < -0.3 is 10.6 Å². The molecule has 3 rings (SSSR count). The van der Waals surface area contributed by atoms with Gasteiger partial charge in [0.2, 0.25) is 5.91 Å². The minimum Gasteiger partial charge on any atom is -0.327 e. The molecule has 0 spiro atoms. The predicted molar refractivity (Wildman–Crippen MR) is 79.6 cm³/mol. The van der Waals surface area contributed by atoms with E-state index in [2.05, 4.69) is 0 Å². The second-order valence-electron chi connectivity index (χ2n) is 5.75. The molecule has 1 aromatic rings. The lowest BCUT2D eigenvalue weighted by Crippen LogP contribution is -2.34. The van der Waals surface area contributed by atoms with E-state index < -0.39 is 11.6 Å². The quantitative estimate of drug-likeness (QED) is 0.912. The molecule has 2 atom stereocenters. The summed E-state index contributed by atoms with van der Waals surface area (Å²) in [6.45, 7) is 0.499. The molecule has 1 amide bonds. The summed E-state index contributed by atoms with van der Waals surface area (Å²) in [4.78, 5) is 13.9. The van der Waals surface area contributed by atoms with E-state index in [0.29, 0.717) is 30.6 Å². The van der Waals surface area contributed by atoms with Crippen molar-refractivity contribution >= 4 is 24.0 Å². The van der Waals surface area contributed by atoms with Gasteiger partial charge in [-0.25, -0.2) is 8.78 Å². The first kappa shape index (κ1) is 16.2. The Balaban J connectivity index is 0.00000161. The van der Waals surface area contributed by atoms with Gasteiger partial charge in [0.05, 0.1) is 0 Å². The lowest BCUT2D eigenvalue weighted by molar-refractivity contribution is -0.119. The molecule has 6 heteroatoms. The Labute approximate surface area is 128 Å². The van der Waals surface area contributed by atoms with E-state index in [-0.39, 0.29) is 30.3 Å². The number of fused-ring (bicyclic) bond motifs is 1. The SMILES string of the molecule is Cl.N[C@@H]1CCC[C@H]1CC(=O)N1CCc2cc(F)c(F)cc21. The van der Waals surface area contributed by atoms with Gasteiger partial charge in [-0.15, -0.1) is 12.4 Å². The summed E-state index contributed by atoms with van der Waals surface area (Å²) in [5.74, 6) is -1.56. The lowest BCUT2D eigenvalue weighted by Gasteiger charge is -2.21. The minimum absolute atomic E-state index is 0. The minimum atomic E-state index is -0.902. The monoisotopic (exact) mass is 316 g/mol. The van der Waals surface area contributed by atoms with E-state index in [1.165, 1.54) is 6.07 Å². The lowest BCUT2D eigenvalue weighted by atomic mass is 9.99. The van der Waals surface area contributed by atoms with Crippen LogP contribution in [-0.4, -0.2) is 18.5 Å². The third kappa shape index (κ3) is 3.04. The van der Waals surface area contributed by atoms with Gasteiger partial charge in [-0.2, -0.15) is 0 Å². The van der Waals surface area contributed by atoms with Crippen molar-refractivity contribution in [3.8, 4) is 0 Å². The second kappa shape index (κ2) is 6.28. The van der Waals surface area contributed by atoms with Crippen LogP contribution in [0.4, 0.5) is 14.5 Å². The van der Waals surface area contributed by atoms with Crippen molar-refractivity contribution in [1.82, 2.24) is 0 Å². The van der Waals surface area contributed by atoms with Gasteiger partial charge in [-0.3, -0.25) is 4.79 Å². The van der Waals surface area contributed by atoms with Crippen LogP contribution in [0.1, 0.15) is 31.2 Å². The fourth-order valence-corrected chi connectivity index (χ4v) is 3.29. The molecule has 0 unspecified atom stereocenters. The second-order valence-corrected chi connectivity index (χ2v) is 5.75. The van der Waals surface area contributed by atoms with Crippen LogP contribution in [0.15, 0.2) is 12.1 Å². The number of rotatable bonds is 2. The molecular formula is C15H19ClF2N2O. The number of hydrogen-bond acceptors (Lipinski definition) is 2. The van der Waals surface area contributed by atoms with Crippen molar-refractivity contribution < 1.29 is 13.6 Å². The number of amides is 1. The molecule has 116 valence electrons. The van der Waals surface area contributed by atoms with Crippen molar-refractivity contribution in [2.45, 2.75) is 38.1 Å². The Hall–Kier alpha value is -1.20. The molecule has 3 nitrogen and oxygen atoms in total. The molecule has 0 bridgehead atoms. The highest BCUT2D eigenvalue weighted by atomic mass is 35.5. The van der Waals surface area contributed by atoms with Crippen LogP contribution in [0.5, 0.6) is 0 Å². The third-order valence-corrected chi connectivity index (χ3v) is 4.47. The molecule has 1 fully saturated rings. The van der Waals surface area contributed by atoms with Gasteiger partial charge in [0.25, 0.3) is 0 Å². The first-order valence-corrected chi connectivity index (χ1v) is 7.10. The standard InChI is InChI=1S/C15H18F2N2O.ClH/c16-11-6-10-4-5-19(14(10)8-12(11)17)15(20)7-9-2-1-3-13(9)18;/h6,8-9,13H,1-5,7,18H2;1H/t9-,13+;/m0./s1. The Bertz CT molecular complexity index is 553. The van der Waals surface area contributed by atoms with E-state index >= 15 is 0 Å². The van der Waals surface area contributed by atoms with E-state index in [1.807, 2.05) is 0 Å². The highest BCUT2D eigenvalue weighted by Gasteiger charge is 2.31. The Morgan fingerprint density at radius 1 is 1.29 bits per heavy atom. The molecule has 1 aliphatic heterocycles. The number of halogens is 3. The first-order chi connectivity index (χ1) is 9.56. The predicted octanol–water partition coefficient (Wildman–Crippen LogP) is 2.79. The van der Waals surface area contributed by atoms with E-state index in [1.54, 1.807) is 4.90 Å². The number of nitrogens with two attached hydrogens (primary N) is 1. The Morgan fingerprint density at radius 3 is 2.67 bits per heavy atom. The number of hydrogen-bond donors (Lipinski definition) is 1. The van der Waals surface area contributed by atoms with Crippen LogP contribution in [0.25, 0.3) is 0 Å². The zero-order chi connectivity index (χ0) is 14.3. The third-order valence-electron chi connectivity index (χ3n) is 4.47. The van der Waals surface area contributed by atoms with Gasteiger partial charge in [-0.1, -0.05) is 6.42 Å². The smallest absolute Gasteiger partial charge is 0.227 e. The van der Waals surface area contributed by atoms with Crippen LogP contribution in [0.3, 0.4) is 0 Å². The van der Waals surface area contributed by atoms with E-state index in [0.717, 1.165) is 25.3 Å². The molecule has 1 heterocycles. The largest absolute Gasteiger partial charge is 0.327 e. The fraction of sp³-hybridized carbons (Fsp3) is 0.533. The molecule has 2 aliphatic rings. The average molecular weight is 317 g/mol. The summed E-state index contributed by atoms with van der Waals surface area (Å²) in [6.07, 6.45) is 3.99. The van der Waals surface area contributed by atoms with Crippen LogP contribution in [-0.2, 0) is 11.2 Å². The van der Waals surface area contributed by atoms with E-state index in [4.69, 9.17) is 5.73 Å². The first-order valence-electron chi connectivity index (χ1n) is 7.10. The summed E-state index contributed by atoms with van der Waals surface area (Å²) in [7, 11) is 0. The maximum atomic E-state index is 13.3. The maximum Gasteiger partial charge on any atom is 0.227 e. The van der Waals surface area contributed by atoms with Gasteiger partial charge >= 0.3 is 0 Å². The number of anilines is 1. The zero-order valence-electron chi connectivity index (χ0n) is 11.6. The van der Waals surface area contributed by atoms with Gasteiger partial charge in [-0.05, 0) is 36.8 Å². The summed E-state index contributed by atoms with van der Waals surface area (Å²) in [5.41, 5.74) is 7.20. The zero-order valence-corrected chi connectivity index (χ0v) is 12.5. The van der Waals surface area contributed by atoms with Crippen molar-refractivity contribution in [3.05, 3.63) is 29.3 Å². The molecule has 0 aromatic heterocycles. The Morgan fingerprint density at radius 2 is 2.00 bits per heavy atom. The highest BCUT2D eigenvalue weighted by Crippen LogP contribution is 2.33. The number of benzene rings is 1. The number of carbonyl (C=O) groups excluding carboxylic acids is 1. The summed E-state index contributed by atoms with van der Waals surface area (Å²) < 4.78 is 26.5. The summed E-state index contributed by atoms with van der Waals surface area (Å²) >= 11 is 0. The highest BCUT2D eigenvalue weighted by molar-refractivity contribution is 5.95. The molecule has 1 saturated carbocycles. The van der Waals surface area contributed by atoms with Crippen molar-refractivity contribution in [2.24, 2.45) is 11.7 Å². The molecular weight excluding hydrogens is 298 g/mol. The van der Waals surface area contributed by atoms with Crippen molar-refractivity contribution in [3.63, 3.8) is 0 Å². The molecule has 0 saturated heterocycles. The number of carbonyl (C=O) groups is 1. The average Bonchev–Trinajstić information content (AvgIpc) is 2.97. The normalized spacial score (nSPS) is 23.9. The molecule has 1 aliphatic carbocycles. The summed E-state index contributed by atoms with van der Waals surface area (Å²) in [5, 5.41) is 0. The van der Waals surface area contributed by atoms with E-state index in [9.17, 15) is 13.6 Å². The molecule has 1 aromatic carbocycles. The van der Waals surface area contributed by atoms with Crippen molar-refractivity contribution in [2.75, 3.05) is 11.4 Å². The molecule has 2 N–H and O–H groups in total. The summed E-state index contributed by atoms with van der Waals surface area (Å²) in [6, 6.07) is 2.41. The maximum absolute atomic E-state index is 13.3. The molecule has 0 radical (unpaired) electrons. The van der Waals surface area contributed by atoms with Gasteiger partial charge in [0.15, 0.2) is 11.6 Å². The number of nitrogens with zero attached hydrogens (tertiary/aromatic N) is 1. The van der Waals surface area contributed by atoms with Crippen LogP contribution in [0, 0.1) is 17.6 Å². The Kier molecular flexibility index (Phi) is 4.84. The van der Waals surface area contributed by atoms with Gasteiger partial charge in [0, 0.05) is 30.8 Å². The van der Waals surface area contributed by atoms with Crippen LogP contribution in [0.2, 0.25) is 0 Å². The fourth-order valence-electron chi connectivity index (χ4n) is 3.29. The van der Waals surface area contributed by atoms with Gasteiger partial charge in [0.1, 0.15) is 0 Å². The van der Waals surface area contributed by atoms with Crippen LogP contribution < -0.4 is 10.6 Å². The van der Waals surface area contributed by atoms with Crippen LogP contribution >= 0.6 is 12.4 Å². The molecule has 21 heavy (non-hydrogen) atoms. The topological polar surface area (TPSA) is 46.3 Å². The van der Waals surface area contributed by atoms with Crippen molar-refractivity contribution in [1.29, 1.82) is 0 Å².